The lowest BCUT2D eigenvalue weighted by molar-refractivity contribution is -0.141. The van der Waals surface area contributed by atoms with Gasteiger partial charge in [0.25, 0.3) is 10.1 Å². The summed E-state index contributed by atoms with van der Waals surface area (Å²) in [5.41, 5.74) is 0. The van der Waals surface area contributed by atoms with Crippen molar-refractivity contribution in [2.45, 2.75) is 50.0 Å². The first-order valence-electron chi connectivity index (χ1n) is 5.70. The maximum Gasteiger partial charge on any atom is 0.336 e. The van der Waals surface area contributed by atoms with Crippen LogP contribution in [0.5, 0.6) is 0 Å². The number of carbonyl (C=O) groups excluding carboxylic acids is 1. The first-order valence-corrected chi connectivity index (χ1v) is 7.72. The number of ether oxygens (including phenoxy) is 1. The van der Waals surface area contributed by atoms with Gasteiger partial charge >= 0.3 is 5.97 Å². The van der Waals surface area contributed by atoms with Crippen molar-refractivity contribution in [2.24, 2.45) is 0 Å². The van der Waals surface area contributed by atoms with Crippen molar-refractivity contribution in [1.29, 1.82) is 0 Å². The molecule has 17 heavy (non-hydrogen) atoms. The summed E-state index contributed by atoms with van der Waals surface area (Å²) in [6, 6.07) is 0. The van der Waals surface area contributed by atoms with E-state index >= 15 is 0 Å². The normalized spacial score (nSPS) is 13.4. The molecule has 0 heterocycles. The van der Waals surface area contributed by atoms with Crippen LogP contribution in [0.3, 0.4) is 0 Å². The van der Waals surface area contributed by atoms with E-state index in [0.29, 0.717) is 6.42 Å². The zero-order chi connectivity index (χ0) is 13.3. The van der Waals surface area contributed by atoms with Crippen molar-refractivity contribution in [2.75, 3.05) is 6.61 Å². The van der Waals surface area contributed by atoms with Crippen molar-refractivity contribution in [3.8, 4) is 0 Å². The molecule has 1 unspecified atom stereocenters. The molecular weight excluding hydrogens is 264 g/mol. The number of rotatable bonds is 9. The van der Waals surface area contributed by atoms with Gasteiger partial charge in [-0.3, -0.25) is 4.55 Å². The van der Waals surface area contributed by atoms with Gasteiger partial charge in [0.05, 0.1) is 6.61 Å². The minimum atomic E-state index is -4.47. The Labute approximate surface area is 108 Å². The van der Waals surface area contributed by atoms with E-state index in [-0.39, 0.29) is 6.61 Å². The molecule has 0 bridgehead atoms. The summed E-state index contributed by atoms with van der Waals surface area (Å²) in [6.45, 7) is 2.29. The number of esters is 1. The quantitative estimate of drug-likeness (QED) is 0.293. The van der Waals surface area contributed by atoms with Gasteiger partial charge in [0, 0.05) is 0 Å². The van der Waals surface area contributed by atoms with Crippen molar-refractivity contribution in [3.05, 3.63) is 0 Å². The van der Waals surface area contributed by atoms with E-state index in [4.69, 9.17) is 4.55 Å². The maximum atomic E-state index is 11.1. The van der Waals surface area contributed by atoms with Crippen molar-refractivity contribution in [1.82, 2.24) is 0 Å². The summed E-state index contributed by atoms with van der Waals surface area (Å²) in [5, 5.41) is 0. The topological polar surface area (TPSA) is 80.7 Å². The molecule has 0 aliphatic heterocycles. The average molecular weight is 284 g/mol. The fourth-order valence-electron chi connectivity index (χ4n) is 1.25. The van der Waals surface area contributed by atoms with E-state index in [1.54, 1.807) is 0 Å². The summed E-state index contributed by atoms with van der Waals surface area (Å²) in [7, 11) is -4.47. The van der Waals surface area contributed by atoms with Gasteiger partial charge in [-0.2, -0.15) is 8.42 Å². The molecule has 0 aliphatic rings. The van der Waals surface area contributed by atoms with E-state index < -0.39 is 20.7 Å². The molecule has 0 saturated heterocycles. The summed E-state index contributed by atoms with van der Waals surface area (Å²) in [5.74, 6) is -1.02. The molecule has 0 aromatic heterocycles. The van der Waals surface area contributed by atoms with Gasteiger partial charge in [0.2, 0.25) is 4.58 Å². The Bertz CT molecular complexity index is 313. The minimum Gasteiger partial charge on any atom is -0.464 e. The Morgan fingerprint density at radius 2 is 1.76 bits per heavy atom. The lowest BCUT2D eigenvalue weighted by Crippen LogP contribution is -2.26. The first-order chi connectivity index (χ1) is 7.89. The van der Waals surface area contributed by atoms with Gasteiger partial charge in [-0.15, -0.1) is 12.6 Å². The average Bonchev–Trinajstić information content (AvgIpc) is 2.25. The SMILES string of the molecule is CCCCCCCCOC(=O)C(S)S(=O)(=O)O. The van der Waals surface area contributed by atoms with Gasteiger partial charge in [-0.25, -0.2) is 4.79 Å². The summed E-state index contributed by atoms with van der Waals surface area (Å²) >= 11 is 3.46. The molecule has 0 aromatic rings. The van der Waals surface area contributed by atoms with Gasteiger partial charge in [-0.05, 0) is 6.42 Å². The number of hydrogen-bond donors (Lipinski definition) is 2. The third-order valence-electron chi connectivity index (χ3n) is 2.23. The number of hydrogen-bond acceptors (Lipinski definition) is 5. The van der Waals surface area contributed by atoms with Crippen LogP contribution in [-0.4, -0.2) is 30.1 Å². The maximum absolute atomic E-state index is 11.1. The molecule has 0 aromatic carbocycles. The number of thiol groups is 1. The Morgan fingerprint density at radius 3 is 2.29 bits per heavy atom. The second-order valence-electron chi connectivity index (χ2n) is 3.80. The monoisotopic (exact) mass is 284 g/mol. The van der Waals surface area contributed by atoms with Gasteiger partial charge in [-0.1, -0.05) is 39.0 Å². The standard InChI is InChI=1S/C10H20O5S2/c1-2-3-4-5-6-7-8-15-9(11)10(16)17(12,13)14/h10,16H,2-8H2,1H3,(H,12,13,14). The molecule has 1 atom stereocenters. The van der Waals surface area contributed by atoms with Crippen LogP contribution in [0.4, 0.5) is 0 Å². The summed E-state index contributed by atoms with van der Waals surface area (Å²) < 4.78 is 32.5. The highest BCUT2D eigenvalue weighted by Crippen LogP contribution is 2.08. The lowest BCUT2D eigenvalue weighted by atomic mass is 10.1. The zero-order valence-electron chi connectivity index (χ0n) is 9.96. The number of unbranched alkanes of at least 4 members (excludes halogenated alkanes) is 5. The highest BCUT2D eigenvalue weighted by Gasteiger charge is 2.28. The van der Waals surface area contributed by atoms with Crippen LogP contribution in [0, 0.1) is 0 Å². The van der Waals surface area contributed by atoms with Crippen LogP contribution in [0.1, 0.15) is 45.4 Å². The van der Waals surface area contributed by atoms with E-state index in [1.807, 2.05) is 0 Å². The molecule has 0 amide bonds. The van der Waals surface area contributed by atoms with Crippen LogP contribution in [0.15, 0.2) is 0 Å². The van der Waals surface area contributed by atoms with Crippen LogP contribution in [-0.2, 0) is 19.6 Å². The molecule has 1 N–H and O–H groups in total. The highest BCUT2D eigenvalue weighted by atomic mass is 32.3. The fourth-order valence-corrected chi connectivity index (χ4v) is 1.63. The molecule has 0 saturated carbocycles. The third-order valence-corrected chi connectivity index (χ3v) is 3.99. The predicted octanol–water partition coefficient (Wildman–Crippen LogP) is 2.03. The van der Waals surface area contributed by atoms with Crippen LogP contribution >= 0.6 is 12.6 Å². The molecule has 5 nitrogen and oxygen atoms in total. The van der Waals surface area contributed by atoms with E-state index in [2.05, 4.69) is 24.3 Å². The van der Waals surface area contributed by atoms with Crippen LogP contribution in [0.25, 0.3) is 0 Å². The molecule has 0 rings (SSSR count). The fraction of sp³-hybridized carbons (Fsp3) is 0.900. The Morgan fingerprint density at radius 1 is 1.24 bits per heavy atom. The predicted molar refractivity (Wildman–Crippen MR) is 68.7 cm³/mol. The molecular formula is C10H20O5S2. The van der Waals surface area contributed by atoms with E-state index in [0.717, 1.165) is 19.3 Å². The van der Waals surface area contributed by atoms with Crippen molar-refractivity contribution >= 4 is 28.7 Å². The van der Waals surface area contributed by atoms with Crippen LogP contribution < -0.4 is 0 Å². The second kappa shape index (κ2) is 8.77. The second-order valence-corrected chi connectivity index (χ2v) is 6.17. The largest absolute Gasteiger partial charge is 0.464 e. The Balaban J connectivity index is 3.59. The van der Waals surface area contributed by atoms with Crippen molar-refractivity contribution in [3.63, 3.8) is 0 Å². The molecule has 7 heteroatoms. The van der Waals surface area contributed by atoms with Gasteiger partial charge < -0.3 is 4.74 Å². The van der Waals surface area contributed by atoms with Crippen molar-refractivity contribution < 1.29 is 22.5 Å². The minimum absolute atomic E-state index is 0.164. The Kier molecular flexibility index (Phi) is 8.63. The summed E-state index contributed by atoms with van der Waals surface area (Å²) in [4.78, 5) is 11.1. The molecule has 102 valence electrons. The Hall–Kier alpha value is -0.270. The molecule has 0 radical (unpaired) electrons. The van der Waals surface area contributed by atoms with Gasteiger partial charge in [0.1, 0.15) is 0 Å². The summed E-state index contributed by atoms with van der Waals surface area (Å²) in [6.07, 6.45) is 6.24. The zero-order valence-corrected chi connectivity index (χ0v) is 11.7. The number of carbonyl (C=O) groups is 1. The third kappa shape index (κ3) is 8.45. The van der Waals surface area contributed by atoms with Gasteiger partial charge in [0.15, 0.2) is 0 Å². The smallest absolute Gasteiger partial charge is 0.336 e. The highest BCUT2D eigenvalue weighted by molar-refractivity contribution is 8.03. The van der Waals surface area contributed by atoms with E-state index in [9.17, 15) is 13.2 Å². The van der Waals surface area contributed by atoms with E-state index in [1.165, 1.54) is 12.8 Å². The lowest BCUT2D eigenvalue weighted by Gasteiger charge is -2.08. The molecule has 0 aliphatic carbocycles. The molecule has 0 spiro atoms. The molecule has 0 fully saturated rings. The van der Waals surface area contributed by atoms with Crippen LogP contribution in [0.2, 0.25) is 0 Å². The first kappa shape index (κ1) is 16.7.